The molecule has 0 spiro atoms. The van der Waals surface area contributed by atoms with Crippen LogP contribution in [0, 0.1) is 17.0 Å². The van der Waals surface area contributed by atoms with Gasteiger partial charge in [0, 0.05) is 30.1 Å². The molecule has 0 radical (unpaired) electrons. The van der Waals surface area contributed by atoms with Crippen LogP contribution < -0.4 is 0 Å². The van der Waals surface area contributed by atoms with Crippen LogP contribution in [0.25, 0.3) is 22.6 Å². The minimum Gasteiger partial charge on any atom is -0.302 e. The van der Waals surface area contributed by atoms with E-state index in [4.69, 9.17) is 5.10 Å². The summed E-state index contributed by atoms with van der Waals surface area (Å²) in [6.07, 6.45) is 7.29. The van der Waals surface area contributed by atoms with Crippen LogP contribution in [0.2, 0.25) is 0 Å². The van der Waals surface area contributed by atoms with Crippen molar-refractivity contribution < 1.29 is 4.92 Å². The number of non-ortho nitro benzene ring substituents is 1. The van der Waals surface area contributed by atoms with E-state index < -0.39 is 4.92 Å². The summed E-state index contributed by atoms with van der Waals surface area (Å²) in [5.74, 6) is 0. The molecular formula is C20H17N5O2S. The highest BCUT2D eigenvalue weighted by Crippen LogP contribution is 2.37. The van der Waals surface area contributed by atoms with Gasteiger partial charge in [-0.1, -0.05) is 18.2 Å². The van der Waals surface area contributed by atoms with E-state index in [0.29, 0.717) is 0 Å². The molecule has 0 aliphatic rings. The fourth-order valence-corrected chi connectivity index (χ4v) is 3.69. The van der Waals surface area contributed by atoms with E-state index >= 15 is 0 Å². The third kappa shape index (κ3) is 3.07. The minimum absolute atomic E-state index is 0.0555. The molecule has 2 heterocycles. The van der Waals surface area contributed by atoms with Gasteiger partial charge in [0.1, 0.15) is 10.7 Å². The SMILES string of the molecule is CSc1nn(-c2ccccc2C)c(-c2ccc([N+](=O)[O-])cc2)c1-n1ccnc1. The Balaban J connectivity index is 2.02. The molecule has 28 heavy (non-hydrogen) atoms. The number of aryl methyl sites for hydroxylation is 1. The third-order valence-electron chi connectivity index (χ3n) is 4.48. The van der Waals surface area contributed by atoms with Crippen molar-refractivity contribution in [1.29, 1.82) is 0 Å². The first-order valence-corrected chi connectivity index (χ1v) is 9.79. The van der Waals surface area contributed by atoms with Gasteiger partial charge in [-0.3, -0.25) is 10.1 Å². The van der Waals surface area contributed by atoms with E-state index in [9.17, 15) is 10.1 Å². The number of para-hydroxylation sites is 1. The Morgan fingerprint density at radius 3 is 2.46 bits per heavy atom. The number of nitro groups is 1. The highest BCUT2D eigenvalue weighted by atomic mass is 32.2. The molecule has 0 saturated carbocycles. The fourth-order valence-electron chi connectivity index (χ4n) is 3.13. The average molecular weight is 391 g/mol. The highest BCUT2D eigenvalue weighted by molar-refractivity contribution is 7.98. The van der Waals surface area contributed by atoms with Crippen LogP contribution in [0.4, 0.5) is 5.69 Å². The fraction of sp³-hybridized carbons (Fsp3) is 0.100. The molecule has 7 nitrogen and oxygen atoms in total. The normalized spacial score (nSPS) is 10.9. The summed E-state index contributed by atoms with van der Waals surface area (Å²) in [4.78, 5) is 14.8. The van der Waals surface area contributed by atoms with Gasteiger partial charge >= 0.3 is 0 Å². The summed E-state index contributed by atoms with van der Waals surface area (Å²) in [6, 6.07) is 14.6. The van der Waals surface area contributed by atoms with Crippen molar-refractivity contribution in [3.05, 3.63) is 82.9 Å². The topological polar surface area (TPSA) is 78.8 Å². The lowest BCUT2D eigenvalue weighted by Crippen LogP contribution is -2.03. The molecule has 2 aromatic heterocycles. The van der Waals surface area contributed by atoms with Crippen molar-refractivity contribution in [2.75, 3.05) is 6.26 Å². The van der Waals surface area contributed by atoms with Gasteiger partial charge in [0.2, 0.25) is 0 Å². The van der Waals surface area contributed by atoms with Gasteiger partial charge in [0.25, 0.3) is 5.69 Å². The number of thioether (sulfide) groups is 1. The molecule has 0 bridgehead atoms. The first-order valence-electron chi connectivity index (χ1n) is 8.56. The smallest absolute Gasteiger partial charge is 0.269 e. The Kier molecular flexibility index (Phi) is 4.70. The van der Waals surface area contributed by atoms with E-state index in [2.05, 4.69) is 4.98 Å². The number of hydrogen-bond donors (Lipinski definition) is 0. The van der Waals surface area contributed by atoms with Gasteiger partial charge in [-0.25, -0.2) is 9.67 Å². The Hall–Kier alpha value is -3.39. The van der Waals surface area contributed by atoms with Gasteiger partial charge < -0.3 is 4.57 Å². The molecule has 4 aromatic rings. The van der Waals surface area contributed by atoms with Crippen LogP contribution in [-0.2, 0) is 0 Å². The number of rotatable bonds is 5. The lowest BCUT2D eigenvalue weighted by molar-refractivity contribution is -0.384. The molecule has 140 valence electrons. The number of nitrogens with zero attached hydrogens (tertiary/aromatic N) is 5. The molecule has 0 N–H and O–H groups in total. The van der Waals surface area contributed by atoms with Gasteiger partial charge in [0.05, 0.1) is 22.6 Å². The Bertz CT molecular complexity index is 1130. The Morgan fingerprint density at radius 1 is 1.11 bits per heavy atom. The molecule has 0 aliphatic carbocycles. The van der Waals surface area contributed by atoms with Crippen LogP contribution in [0.15, 0.2) is 72.3 Å². The lowest BCUT2D eigenvalue weighted by atomic mass is 10.1. The molecule has 0 fully saturated rings. The minimum atomic E-state index is -0.396. The number of benzene rings is 2. The van der Waals surface area contributed by atoms with Crippen LogP contribution in [0.1, 0.15) is 5.56 Å². The van der Waals surface area contributed by atoms with Crippen LogP contribution >= 0.6 is 11.8 Å². The second kappa shape index (κ2) is 7.32. The van der Waals surface area contributed by atoms with E-state index in [1.165, 1.54) is 12.1 Å². The van der Waals surface area contributed by atoms with Crippen molar-refractivity contribution in [1.82, 2.24) is 19.3 Å². The molecule has 0 atom stereocenters. The second-order valence-corrected chi connectivity index (χ2v) is 6.97. The Morgan fingerprint density at radius 2 is 1.86 bits per heavy atom. The Labute approximate surface area is 165 Å². The number of aromatic nitrogens is 4. The number of imidazole rings is 1. The van der Waals surface area contributed by atoms with Gasteiger partial charge in [0.15, 0.2) is 0 Å². The zero-order valence-electron chi connectivity index (χ0n) is 15.3. The standard InChI is InChI=1S/C20H17N5O2S/c1-14-5-3-4-6-17(14)24-18(15-7-9-16(10-8-15)25(26)27)19(20(22-24)28-2)23-12-11-21-13-23/h3-13H,1-2H3. The van der Waals surface area contributed by atoms with Crippen molar-refractivity contribution in [2.45, 2.75) is 11.9 Å². The second-order valence-electron chi connectivity index (χ2n) is 6.18. The summed E-state index contributed by atoms with van der Waals surface area (Å²) in [6.45, 7) is 2.03. The maximum Gasteiger partial charge on any atom is 0.269 e. The maximum atomic E-state index is 11.1. The largest absolute Gasteiger partial charge is 0.302 e. The van der Waals surface area contributed by atoms with Crippen molar-refractivity contribution in [3.63, 3.8) is 0 Å². The summed E-state index contributed by atoms with van der Waals surface area (Å²) in [5.41, 5.74) is 4.68. The quantitative estimate of drug-likeness (QED) is 0.281. The van der Waals surface area contributed by atoms with Crippen LogP contribution in [0.5, 0.6) is 0 Å². The van der Waals surface area contributed by atoms with Crippen molar-refractivity contribution in [3.8, 4) is 22.6 Å². The van der Waals surface area contributed by atoms with Crippen LogP contribution in [-0.4, -0.2) is 30.5 Å². The first kappa shape index (κ1) is 18.0. The van der Waals surface area contributed by atoms with E-state index in [0.717, 1.165) is 33.2 Å². The molecule has 0 amide bonds. The highest BCUT2D eigenvalue weighted by Gasteiger charge is 2.22. The summed E-state index contributed by atoms with van der Waals surface area (Å²) < 4.78 is 3.82. The molecule has 0 aliphatic heterocycles. The molecule has 8 heteroatoms. The summed E-state index contributed by atoms with van der Waals surface area (Å²) >= 11 is 1.54. The summed E-state index contributed by atoms with van der Waals surface area (Å²) in [5, 5.41) is 16.7. The van der Waals surface area contributed by atoms with Gasteiger partial charge in [-0.15, -0.1) is 11.8 Å². The average Bonchev–Trinajstić information content (AvgIpc) is 3.35. The van der Waals surface area contributed by atoms with E-state index in [1.54, 1.807) is 36.4 Å². The first-order chi connectivity index (χ1) is 13.6. The molecular weight excluding hydrogens is 374 g/mol. The predicted molar refractivity (Wildman–Crippen MR) is 109 cm³/mol. The summed E-state index contributed by atoms with van der Waals surface area (Å²) in [7, 11) is 0. The lowest BCUT2D eigenvalue weighted by Gasteiger charge is -2.12. The molecule has 4 rings (SSSR count). The van der Waals surface area contributed by atoms with Gasteiger partial charge in [-0.05, 0) is 36.9 Å². The number of hydrogen-bond acceptors (Lipinski definition) is 5. The monoisotopic (exact) mass is 391 g/mol. The molecule has 0 unspecified atom stereocenters. The molecule has 0 saturated heterocycles. The molecule has 2 aromatic carbocycles. The predicted octanol–water partition coefficient (Wildman–Crippen LogP) is 4.66. The third-order valence-corrected chi connectivity index (χ3v) is 5.14. The van der Waals surface area contributed by atoms with E-state index in [1.807, 2.05) is 52.9 Å². The van der Waals surface area contributed by atoms with Gasteiger partial charge in [-0.2, -0.15) is 5.10 Å². The zero-order chi connectivity index (χ0) is 19.7. The van der Waals surface area contributed by atoms with Crippen LogP contribution in [0.3, 0.4) is 0 Å². The van der Waals surface area contributed by atoms with Crippen molar-refractivity contribution >= 4 is 17.4 Å². The zero-order valence-corrected chi connectivity index (χ0v) is 16.1. The van der Waals surface area contributed by atoms with E-state index in [-0.39, 0.29) is 5.69 Å². The van der Waals surface area contributed by atoms with Crippen molar-refractivity contribution in [2.24, 2.45) is 0 Å². The number of nitro benzene ring substituents is 1. The maximum absolute atomic E-state index is 11.1.